The maximum absolute atomic E-state index is 13.2. The van der Waals surface area contributed by atoms with Gasteiger partial charge < -0.3 is 19.3 Å². The van der Waals surface area contributed by atoms with Crippen LogP contribution < -0.4 is 15.8 Å². The molecule has 8 heteroatoms. The largest absolute Gasteiger partial charge is 0.616 e. The molecule has 27 heavy (non-hydrogen) atoms. The van der Waals surface area contributed by atoms with Crippen LogP contribution in [0.3, 0.4) is 0 Å². The number of nitrogens with one attached hydrogen (secondary N) is 1. The molecule has 0 unspecified atom stereocenters. The van der Waals surface area contributed by atoms with Gasteiger partial charge >= 0.3 is 0 Å². The van der Waals surface area contributed by atoms with Crippen LogP contribution in [0, 0.1) is 5.82 Å². The van der Waals surface area contributed by atoms with Crippen LogP contribution in [0.2, 0.25) is 0 Å². The molecule has 0 atom stereocenters. The molecule has 1 N–H and O–H groups in total. The van der Waals surface area contributed by atoms with Crippen molar-refractivity contribution in [2.75, 3.05) is 43.1 Å². The molecule has 1 aromatic carbocycles. The maximum atomic E-state index is 13.2. The molecule has 2 heterocycles. The van der Waals surface area contributed by atoms with Gasteiger partial charge in [-0.15, -0.1) is 0 Å². The molecule has 0 spiro atoms. The molecule has 0 radical (unpaired) electrons. The number of rotatable bonds is 7. The second kappa shape index (κ2) is 9.34. The van der Waals surface area contributed by atoms with Gasteiger partial charge in [0.2, 0.25) is 0 Å². The van der Waals surface area contributed by atoms with Crippen molar-refractivity contribution in [3.63, 3.8) is 0 Å². The minimum Gasteiger partial charge on any atom is -0.616 e. The van der Waals surface area contributed by atoms with Crippen molar-refractivity contribution in [2.24, 2.45) is 0 Å². The Bertz CT molecular complexity index is 804. The quantitative estimate of drug-likeness (QED) is 0.565. The molecule has 0 amide bonds. The number of aryl methyl sites for hydroxylation is 1. The second-order valence-corrected chi connectivity index (χ2v) is 8.35. The number of hydrogen-bond acceptors (Lipinski definition) is 5. The van der Waals surface area contributed by atoms with Gasteiger partial charge in [0.05, 0.1) is 25.3 Å². The third-order valence-corrected chi connectivity index (χ3v) is 5.89. The van der Waals surface area contributed by atoms with Gasteiger partial charge in [-0.25, -0.2) is 9.37 Å². The average Bonchev–Trinajstić information content (AvgIpc) is 2.67. The van der Waals surface area contributed by atoms with Gasteiger partial charge in [0.15, 0.2) is 5.82 Å². The minimum atomic E-state index is -0.814. The molecule has 1 aliphatic heterocycles. The smallest absolute Gasteiger partial charge is 0.293 e. The van der Waals surface area contributed by atoms with Crippen molar-refractivity contribution in [2.45, 2.75) is 19.4 Å². The van der Waals surface area contributed by atoms with Crippen LogP contribution in [0.15, 0.2) is 35.3 Å². The Morgan fingerprint density at radius 1 is 1.26 bits per heavy atom. The zero-order valence-corrected chi connectivity index (χ0v) is 16.3. The summed E-state index contributed by atoms with van der Waals surface area (Å²) < 4.78 is 26.5. The summed E-state index contributed by atoms with van der Waals surface area (Å²) in [5.41, 5.74) is 1.55. The van der Waals surface area contributed by atoms with Gasteiger partial charge in [0.1, 0.15) is 17.3 Å². The molecule has 1 fully saturated rings. The third-order valence-electron chi connectivity index (χ3n) is 4.61. The SMILES string of the molecule is CNCCCc1cn(Cc2ccc(F)cc2)c(=O)c(N2CC[S+]([O-])CC2)n1. The fourth-order valence-corrected chi connectivity index (χ4v) is 4.16. The van der Waals surface area contributed by atoms with E-state index in [1.165, 1.54) is 12.1 Å². The van der Waals surface area contributed by atoms with Gasteiger partial charge in [-0.2, -0.15) is 0 Å². The summed E-state index contributed by atoms with van der Waals surface area (Å²) in [6.45, 7) is 2.39. The van der Waals surface area contributed by atoms with Crippen LogP contribution in [-0.2, 0) is 24.1 Å². The van der Waals surface area contributed by atoms with E-state index in [2.05, 4.69) is 10.3 Å². The van der Waals surface area contributed by atoms with Crippen LogP contribution in [0.1, 0.15) is 17.7 Å². The van der Waals surface area contributed by atoms with Crippen molar-refractivity contribution >= 4 is 17.0 Å². The second-order valence-electron chi connectivity index (χ2n) is 6.66. The maximum Gasteiger partial charge on any atom is 0.293 e. The van der Waals surface area contributed by atoms with Gasteiger partial charge in [-0.1, -0.05) is 23.3 Å². The van der Waals surface area contributed by atoms with E-state index in [1.807, 2.05) is 11.9 Å². The summed E-state index contributed by atoms with van der Waals surface area (Å²) in [6, 6.07) is 6.17. The highest BCUT2D eigenvalue weighted by molar-refractivity contribution is 7.91. The predicted octanol–water partition coefficient (Wildman–Crippen LogP) is 1.15. The molecule has 146 valence electrons. The summed E-state index contributed by atoms with van der Waals surface area (Å²) in [5, 5.41) is 3.12. The molecule has 0 bridgehead atoms. The normalized spacial score (nSPS) is 15.3. The summed E-state index contributed by atoms with van der Waals surface area (Å²) in [4.78, 5) is 19.6. The fraction of sp³-hybridized carbons (Fsp3) is 0.474. The van der Waals surface area contributed by atoms with Crippen molar-refractivity contribution in [3.8, 4) is 0 Å². The highest BCUT2D eigenvalue weighted by atomic mass is 32.2. The first-order chi connectivity index (χ1) is 13.1. The summed E-state index contributed by atoms with van der Waals surface area (Å²) >= 11 is -0.814. The molecule has 1 saturated heterocycles. The third kappa shape index (κ3) is 5.31. The Morgan fingerprint density at radius 2 is 1.96 bits per heavy atom. The van der Waals surface area contributed by atoms with E-state index in [0.29, 0.717) is 37.0 Å². The lowest BCUT2D eigenvalue weighted by Crippen LogP contribution is -2.44. The standard InChI is InChI=1S/C19H25FN4O2S/c1-21-8-2-3-17-14-24(13-15-4-6-16(20)7-5-15)19(25)18(22-17)23-9-11-27(26)12-10-23/h4-7,14,21H,2-3,8-13H2,1H3. The lowest BCUT2D eigenvalue weighted by molar-refractivity contribution is 0.584. The van der Waals surface area contributed by atoms with E-state index < -0.39 is 11.2 Å². The monoisotopic (exact) mass is 392 g/mol. The van der Waals surface area contributed by atoms with Crippen LogP contribution in [0.4, 0.5) is 10.2 Å². The van der Waals surface area contributed by atoms with Crippen LogP contribution >= 0.6 is 0 Å². The molecule has 3 rings (SSSR count). The Labute approximate surface area is 161 Å². The molecule has 0 saturated carbocycles. The zero-order chi connectivity index (χ0) is 19.2. The molecule has 2 aromatic rings. The van der Waals surface area contributed by atoms with Crippen LogP contribution in [0.5, 0.6) is 0 Å². The van der Waals surface area contributed by atoms with Gasteiger partial charge in [-0.05, 0) is 44.1 Å². The van der Waals surface area contributed by atoms with E-state index >= 15 is 0 Å². The summed E-state index contributed by atoms with van der Waals surface area (Å²) in [6.07, 6.45) is 3.48. The van der Waals surface area contributed by atoms with Gasteiger partial charge in [-0.3, -0.25) is 4.79 Å². The summed E-state index contributed by atoms with van der Waals surface area (Å²) in [5.74, 6) is 1.25. The number of nitrogens with zero attached hydrogens (tertiary/aromatic N) is 3. The van der Waals surface area contributed by atoms with Crippen molar-refractivity contribution in [1.82, 2.24) is 14.9 Å². The molecule has 1 aliphatic rings. The van der Waals surface area contributed by atoms with Crippen molar-refractivity contribution in [3.05, 3.63) is 57.9 Å². The predicted molar refractivity (Wildman–Crippen MR) is 106 cm³/mol. The number of aromatic nitrogens is 2. The van der Waals surface area contributed by atoms with Crippen LogP contribution in [0.25, 0.3) is 0 Å². The molecule has 1 aromatic heterocycles. The van der Waals surface area contributed by atoms with E-state index in [9.17, 15) is 13.7 Å². The Balaban J connectivity index is 1.90. The zero-order valence-electron chi connectivity index (χ0n) is 15.5. The summed E-state index contributed by atoms with van der Waals surface area (Å²) in [7, 11) is 1.90. The first kappa shape index (κ1) is 19.9. The Hall–Kier alpha value is -1.90. The first-order valence-corrected chi connectivity index (χ1v) is 10.6. The van der Waals surface area contributed by atoms with E-state index in [-0.39, 0.29) is 11.4 Å². The number of hydrogen-bond donors (Lipinski definition) is 1. The molecule has 6 nitrogen and oxygen atoms in total. The topological polar surface area (TPSA) is 73.2 Å². The van der Waals surface area contributed by atoms with E-state index in [0.717, 1.165) is 30.6 Å². The molecular weight excluding hydrogens is 367 g/mol. The first-order valence-electron chi connectivity index (χ1n) is 9.16. The van der Waals surface area contributed by atoms with E-state index in [4.69, 9.17) is 0 Å². The number of benzene rings is 1. The van der Waals surface area contributed by atoms with Gasteiger partial charge in [0, 0.05) is 6.20 Å². The van der Waals surface area contributed by atoms with Crippen molar-refractivity contribution < 1.29 is 8.94 Å². The van der Waals surface area contributed by atoms with Crippen LogP contribution in [-0.4, -0.2) is 52.3 Å². The molecular formula is C19H25FN4O2S. The Kier molecular flexibility index (Phi) is 6.87. The highest BCUT2D eigenvalue weighted by Gasteiger charge is 2.23. The fourth-order valence-electron chi connectivity index (χ4n) is 3.11. The average molecular weight is 393 g/mol. The Morgan fingerprint density at radius 3 is 2.63 bits per heavy atom. The highest BCUT2D eigenvalue weighted by Crippen LogP contribution is 2.13. The molecule has 0 aliphatic carbocycles. The van der Waals surface area contributed by atoms with Crippen molar-refractivity contribution in [1.29, 1.82) is 0 Å². The lowest BCUT2D eigenvalue weighted by atomic mass is 10.2. The van der Waals surface area contributed by atoms with Gasteiger partial charge in [0.25, 0.3) is 5.56 Å². The van der Waals surface area contributed by atoms with E-state index in [1.54, 1.807) is 22.9 Å². The lowest BCUT2D eigenvalue weighted by Gasteiger charge is -2.29. The number of halogens is 1. The number of anilines is 1. The minimum absolute atomic E-state index is 0.163.